The van der Waals surface area contributed by atoms with Crippen molar-refractivity contribution in [2.45, 2.75) is 19.8 Å². The Morgan fingerprint density at radius 3 is 2.71 bits per heavy atom. The maximum Gasteiger partial charge on any atom is 0.277 e. The van der Waals surface area contributed by atoms with Crippen LogP contribution in [0.15, 0.2) is 24.5 Å². The van der Waals surface area contributed by atoms with Gasteiger partial charge in [0.1, 0.15) is 18.0 Å². The molecule has 1 N–H and O–H groups in total. The molecule has 0 saturated carbocycles. The third-order valence-corrected chi connectivity index (χ3v) is 4.08. The largest absolute Gasteiger partial charge is 0.480 e. The second-order valence-corrected chi connectivity index (χ2v) is 5.85. The highest BCUT2D eigenvalue weighted by Gasteiger charge is 2.18. The molecule has 1 aliphatic heterocycles. The summed E-state index contributed by atoms with van der Waals surface area (Å²) in [4.78, 5) is 22.8. The Kier molecular flexibility index (Phi) is 4.83. The molecule has 24 heavy (non-hydrogen) atoms. The molecule has 1 saturated heterocycles. The molecule has 0 aromatic carbocycles. The lowest BCUT2D eigenvalue weighted by Crippen LogP contribution is -2.33. The van der Waals surface area contributed by atoms with Crippen LogP contribution in [-0.4, -0.2) is 46.3 Å². The summed E-state index contributed by atoms with van der Waals surface area (Å²) in [5, 5.41) is 10.3. The molecule has 3 rings (SSSR count). The minimum atomic E-state index is -0.373. The van der Waals surface area contributed by atoms with E-state index in [2.05, 4.69) is 37.3 Å². The number of nitrogens with zero attached hydrogens (tertiary/aromatic N) is 5. The normalized spacial score (nSPS) is 15.2. The molecule has 0 aliphatic carbocycles. The molecule has 8 nitrogen and oxygen atoms in total. The van der Waals surface area contributed by atoms with Crippen LogP contribution in [0.25, 0.3) is 0 Å². The van der Waals surface area contributed by atoms with E-state index in [1.54, 1.807) is 18.2 Å². The number of carbonyl (C=O) groups excluding carboxylic acids is 1. The van der Waals surface area contributed by atoms with Crippen molar-refractivity contribution in [3.63, 3.8) is 0 Å². The molecule has 126 valence electrons. The van der Waals surface area contributed by atoms with Crippen LogP contribution in [0.5, 0.6) is 5.88 Å². The van der Waals surface area contributed by atoms with Crippen molar-refractivity contribution < 1.29 is 9.53 Å². The van der Waals surface area contributed by atoms with Gasteiger partial charge in [0.25, 0.3) is 5.91 Å². The van der Waals surface area contributed by atoms with E-state index in [1.165, 1.54) is 13.4 Å². The average Bonchev–Trinajstić information content (AvgIpc) is 2.62. The third-order valence-electron chi connectivity index (χ3n) is 4.08. The van der Waals surface area contributed by atoms with E-state index in [4.69, 9.17) is 4.74 Å². The Balaban J connectivity index is 1.68. The zero-order valence-electron chi connectivity index (χ0n) is 13.8. The molecule has 3 heterocycles. The fraction of sp³-hybridized carbons (Fsp3) is 0.438. The van der Waals surface area contributed by atoms with Crippen LogP contribution in [0, 0.1) is 5.92 Å². The van der Waals surface area contributed by atoms with Crippen molar-refractivity contribution in [1.29, 1.82) is 0 Å². The van der Waals surface area contributed by atoms with Gasteiger partial charge in [0.05, 0.1) is 7.11 Å². The van der Waals surface area contributed by atoms with Crippen molar-refractivity contribution in [2.24, 2.45) is 5.92 Å². The van der Waals surface area contributed by atoms with Gasteiger partial charge in [-0.15, -0.1) is 10.2 Å². The highest BCUT2D eigenvalue weighted by molar-refractivity contribution is 6.02. The van der Waals surface area contributed by atoms with Gasteiger partial charge in [-0.05, 0) is 24.8 Å². The molecule has 0 bridgehead atoms. The maximum atomic E-state index is 12.2. The van der Waals surface area contributed by atoms with Gasteiger partial charge < -0.3 is 15.0 Å². The summed E-state index contributed by atoms with van der Waals surface area (Å²) in [6, 6.07) is 4.92. The van der Waals surface area contributed by atoms with Crippen LogP contribution >= 0.6 is 0 Å². The topological polar surface area (TPSA) is 93.1 Å². The molecule has 1 aliphatic rings. The smallest absolute Gasteiger partial charge is 0.277 e. The molecule has 0 unspecified atom stereocenters. The van der Waals surface area contributed by atoms with Crippen LogP contribution < -0.4 is 15.0 Å². The molecule has 0 radical (unpaired) electrons. The van der Waals surface area contributed by atoms with Crippen molar-refractivity contribution in [3.05, 3.63) is 30.2 Å². The van der Waals surface area contributed by atoms with E-state index in [0.29, 0.717) is 11.7 Å². The fourth-order valence-corrected chi connectivity index (χ4v) is 2.56. The van der Waals surface area contributed by atoms with E-state index in [1.807, 2.05) is 0 Å². The average molecular weight is 328 g/mol. The predicted molar refractivity (Wildman–Crippen MR) is 89.2 cm³/mol. The molecule has 8 heteroatoms. The lowest BCUT2D eigenvalue weighted by atomic mass is 9.99. The lowest BCUT2D eigenvalue weighted by Gasteiger charge is -2.31. The van der Waals surface area contributed by atoms with Crippen LogP contribution in [-0.2, 0) is 0 Å². The number of rotatable bonds is 4. The van der Waals surface area contributed by atoms with E-state index < -0.39 is 0 Å². The second kappa shape index (κ2) is 7.20. The van der Waals surface area contributed by atoms with Crippen molar-refractivity contribution in [3.8, 4) is 5.88 Å². The minimum Gasteiger partial charge on any atom is -0.480 e. The van der Waals surface area contributed by atoms with Gasteiger partial charge in [-0.25, -0.2) is 9.97 Å². The van der Waals surface area contributed by atoms with Gasteiger partial charge in [0, 0.05) is 25.2 Å². The Labute approximate surface area is 140 Å². The Hall–Kier alpha value is -2.77. The number of ether oxygens (including phenoxy) is 1. The monoisotopic (exact) mass is 328 g/mol. The fourth-order valence-electron chi connectivity index (χ4n) is 2.56. The Morgan fingerprint density at radius 2 is 2.04 bits per heavy atom. The van der Waals surface area contributed by atoms with Crippen LogP contribution in [0.2, 0.25) is 0 Å². The van der Waals surface area contributed by atoms with Gasteiger partial charge in [-0.1, -0.05) is 6.92 Å². The number of methoxy groups -OCH3 is 1. The van der Waals surface area contributed by atoms with E-state index in [0.717, 1.165) is 37.7 Å². The summed E-state index contributed by atoms with van der Waals surface area (Å²) in [5.41, 5.74) is 0.197. The molecular weight excluding hydrogens is 308 g/mol. The highest BCUT2D eigenvalue weighted by atomic mass is 16.5. The van der Waals surface area contributed by atoms with Crippen LogP contribution in [0.4, 0.5) is 11.6 Å². The van der Waals surface area contributed by atoms with Crippen molar-refractivity contribution >= 4 is 17.5 Å². The summed E-state index contributed by atoms with van der Waals surface area (Å²) in [7, 11) is 1.49. The van der Waals surface area contributed by atoms with E-state index >= 15 is 0 Å². The number of anilines is 2. The van der Waals surface area contributed by atoms with Gasteiger partial charge in [0.15, 0.2) is 5.69 Å². The zero-order chi connectivity index (χ0) is 16.9. The first-order chi connectivity index (χ1) is 11.7. The van der Waals surface area contributed by atoms with Crippen molar-refractivity contribution in [1.82, 2.24) is 20.2 Å². The van der Waals surface area contributed by atoms with E-state index in [-0.39, 0.29) is 11.6 Å². The van der Waals surface area contributed by atoms with Gasteiger partial charge in [-0.2, -0.15) is 0 Å². The summed E-state index contributed by atoms with van der Waals surface area (Å²) in [5.74, 6) is 2.00. The number of aromatic nitrogens is 4. The maximum absolute atomic E-state index is 12.2. The first-order valence-corrected chi connectivity index (χ1v) is 7.92. The minimum absolute atomic E-state index is 0.197. The third kappa shape index (κ3) is 3.76. The second-order valence-electron chi connectivity index (χ2n) is 5.85. The van der Waals surface area contributed by atoms with Crippen molar-refractivity contribution in [2.75, 3.05) is 30.4 Å². The standard InChI is InChI=1S/C16H20N6O2/c1-11-5-7-22(8-6-11)14-9-13(17-10-18-14)19-16(23)12-3-4-15(24-2)21-20-12/h3-4,9-11H,5-8H2,1-2H3,(H,17,18,19,23). The summed E-state index contributed by atoms with van der Waals surface area (Å²) in [6.07, 6.45) is 3.75. The number of amides is 1. The Bertz CT molecular complexity index is 698. The van der Waals surface area contributed by atoms with Crippen LogP contribution in [0.3, 0.4) is 0 Å². The van der Waals surface area contributed by atoms with Gasteiger partial charge >= 0.3 is 0 Å². The van der Waals surface area contributed by atoms with Gasteiger partial charge in [0.2, 0.25) is 5.88 Å². The Morgan fingerprint density at radius 1 is 1.25 bits per heavy atom. The number of nitrogens with one attached hydrogen (secondary N) is 1. The van der Waals surface area contributed by atoms with Crippen LogP contribution in [0.1, 0.15) is 30.3 Å². The van der Waals surface area contributed by atoms with E-state index in [9.17, 15) is 4.79 Å². The number of hydrogen-bond donors (Lipinski definition) is 1. The number of piperidine rings is 1. The molecule has 2 aromatic rings. The first kappa shape index (κ1) is 16.1. The summed E-state index contributed by atoms with van der Waals surface area (Å²) >= 11 is 0. The van der Waals surface area contributed by atoms with Gasteiger partial charge in [-0.3, -0.25) is 4.79 Å². The quantitative estimate of drug-likeness (QED) is 0.914. The first-order valence-electron chi connectivity index (χ1n) is 7.92. The number of carbonyl (C=O) groups is 1. The summed E-state index contributed by atoms with van der Waals surface area (Å²) in [6.45, 7) is 4.20. The SMILES string of the molecule is COc1ccc(C(=O)Nc2cc(N3CCC(C)CC3)ncn2)nn1. The molecule has 0 atom stereocenters. The lowest BCUT2D eigenvalue weighted by molar-refractivity contribution is 0.102. The predicted octanol–water partition coefficient (Wildman–Crippen LogP) is 1.76. The number of hydrogen-bond acceptors (Lipinski definition) is 7. The summed E-state index contributed by atoms with van der Waals surface area (Å²) < 4.78 is 4.93. The molecule has 1 fully saturated rings. The molecule has 2 aromatic heterocycles. The molecular formula is C16H20N6O2. The molecule has 1 amide bonds. The zero-order valence-corrected chi connectivity index (χ0v) is 13.8. The highest BCUT2D eigenvalue weighted by Crippen LogP contribution is 2.22. The molecule has 0 spiro atoms.